The first-order valence-electron chi connectivity index (χ1n) is 14.1. The molecule has 0 heterocycles. The van der Waals surface area contributed by atoms with Gasteiger partial charge >= 0.3 is 0 Å². The second-order valence-corrected chi connectivity index (χ2v) is 11.2. The monoisotopic (exact) mass is 468 g/mol. The van der Waals surface area contributed by atoms with E-state index in [0.29, 0.717) is 11.8 Å². The van der Waals surface area contributed by atoms with E-state index < -0.39 is 0 Å². The van der Waals surface area contributed by atoms with Crippen LogP contribution in [0.5, 0.6) is 0 Å². The Morgan fingerprint density at radius 2 is 0.588 bits per heavy atom. The Bertz CT molecular complexity index is 631. The lowest BCUT2D eigenvalue weighted by molar-refractivity contribution is 0.736. The van der Waals surface area contributed by atoms with Crippen LogP contribution in [0.25, 0.3) is 0 Å². The van der Waals surface area contributed by atoms with Crippen LogP contribution in [0.15, 0.2) is 36.4 Å². The maximum absolute atomic E-state index is 2.29. The van der Waals surface area contributed by atoms with Crippen molar-refractivity contribution in [2.24, 2.45) is 11.8 Å². The zero-order valence-corrected chi connectivity index (χ0v) is 25.6. The van der Waals surface area contributed by atoms with Crippen LogP contribution in [0.3, 0.4) is 0 Å². The third-order valence-corrected chi connectivity index (χ3v) is 5.25. The van der Waals surface area contributed by atoms with E-state index in [9.17, 15) is 0 Å². The van der Waals surface area contributed by atoms with Gasteiger partial charge in [-0.05, 0) is 82.7 Å². The molecule has 0 amide bonds. The number of hydrogen-bond donors (Lipinski definition) is 0. The summed E-state index contributed by atoms with van der Waals surface area (Å²) in [6.45, 7) is 31.1. The fraction of sp³-hybridized carbons (Fsp3) is 0.647. The van der Waals surface area contributed by atoms with Gasteiger partial charge < -0.3 is 0 Å². The van der Waals surface area contributed by atoms with Crippen molar-refractivity contribution in [2.75, 3.05) is 0 Å². The van der Waals surface area contributed by atoms with Crippen LogP contribution in [-0.2, 0) is 25.7 Å². The highest BCUT2D eigenvalue weighted by atomic mass is 14.1. The molecule has 0 unspecified atom stereocenters. The van der Waals surface area contributed by atoms with Gasteiger partial charge in [-0.3, -0.25) is 0 Å². The summed E-state index contributed by atoms with van der Waals surface area (Å²) < 4.78 is 0. The number of benzene rings is 2. The minimum absolute atomic E-state index is 0.658. The average Bonchev–Trinajstić information content (AvgIpc) is 2.77. The standard InChI is InChI=1S/2C13H20.2C4H10/c2*1-5-11-8-7-9-12(6-2)13(11)10(3)4;2*1-4(2)3/h2*7-10H,5-6H2,1-4H3;2*4H,1-3H3. The molecular formula is C34H60. The maximum atomic E-state index is 2.29. The van der Waals surface area contributed by atoms with Gasteiger partial charge in [0.05, 0.1) is 0 Å². The van der Waals surface area contributed by atoms with Gasteiger partial charge in [0.1, 0.15) is 0 Å². The molecule has 0 nitrogen and oxygen atoms in total. The van der Waals surface area contributed by atoms with Gasteiger partial charge in [0.15, 0.2) is 0 Å². The SMILES string of the molecule is CC(C)C.CC(C)C.CCc1cccc(CC)c1C(C)C.CCc1cccc(CC)c1C(C)C. The molecule has 0 N–H and O–H groups in total. The van der Waals surface area contributed by atoms with Gasteiger partial charge in [0.25, 0.3) is 0 Å². The van der Waals surface area contributed by atoms with Crippen molar-refractivity contribution < 1.29 is 0 Å². The molecule has 34 heavy (non-hydrogen) atoms. The summed E-state index contributed by atoms with van der Waals surface area (Å²) in [6, 6.07) is 13.4. The first-order chi connectivity index (χ1) is 15.9. The molecule has 2 aromatic rings. The zero-order valence-electron chi connectivity index (χ0n) is 25.6. The largest absolute Gasteiger partial charge is 0.0630 e. The Morgan fingerprint density at radius 1 is 0.412 bits per heavy atom. The van der Waals surface area contributed by atoms with Gasteiger partial charge in [-0.1, -0.05) is 133 Å². The molecule has 0 fully saturated rings. The fourth-order valence-electron chi connectivity index (χ4n) is 4.05. The summed E-state index contributed by atoms with van der Waals surface area (Å²) in [6.07, 6.45) is 4.62. The molecule has 2 rings (SSSR count). The molecule has 0 aliphatic rings. The second-order valence-electron chi connectivity index (χ2n) is 11.2. The van der Waals surface area contributed by atoms with Crippen LogP contribution in [-0.4, -0.2) is 0 Å². The number of aryl methyl sites for hydroxylation is 4. The van der Waals surface area contributed by atoms with E-state index in [0.717, 1.165) is 37.5 Å². The lowest BCUT2D eigenvalue weighted by Gasteiger charge is -2.16. The third kappa shape index (κ3) is 14.6. The van der Waals surface area contributed by atoms with Crippen LogP contribution >= 0.6 is 0 Å². The predicted molar refractivity (Wildman–Crippen MR) is 160 cm³/mol. The number of hydrogen-bond acceptors (Lipinski definition) is 0. The summed E-state index contributed by atoms with van der Waals surface area (Å²) in [5, 5.41) is 0. The van der Waals surface area contributed by atoms with Crippen LogP contribution in [0, 0.1) is 11.8 Å². The summed E-state index contributed by atoms with van der Waals surface area (Å²) in [5.41, 5.74) is 9.24. The van der Waals surface area contributed by atoms with Crippen LogP contribution in [0.1, 0.15) is 142 Å². The van der Waals surface area contributed by atoms with Crippen molar-refractivity contribution in [2.45, 2.75) is 134 Å². The van der Waals surface area contributed by atoms with Gasteiger partial charge in [-0.25, -0.2) is 0 Å². The molecule has 0 spiro atoms. The smallest absolute Gasteiger partial charge is 0.0213 e. The van der Waals surface area contributed by atoms with Gasteiger partial charge in [-0.2, -0.15) is 0 Å². The summed E-state index contributed by atoms with van der Waals surface area (Å²) in [5.74, 6) is 2.98. The third-order valence-electron chi connectivity index (χ3n) is 5.25. The van der Waals surface area contributed by atoms with E-state index >= 15 is 0 Å². The van der Waals surface area contributed by atoms with Crippen molar-refractivity contribution in [3.05, 3.63) is 69.8 Å². The average molecular weight is 469 g/mol. The molecule has 0 heteroatoms. The molecule has 0 aromatic heterocycles. The highest BCUT2D eigenvalue weighted by Crippen LogP contribution is 2.25. The van der Waals surface area contributed by atoms with E-state index in [1.807, 2.05) is 0 Å². The molecule has 0 aliphatic carbocycles. The Balaban J connectivity index is 0. The van der Waals surface area contributed by atoms with Crippen molar-refractivity contribution >= 4 is 0 Å². The molecular weight excluding hydrogens is 408 g/mol. The minimum Gasteiger partial charge on any atom is -0.0630 e. The highest BCUT2D eigenvalue weighted by molar-refractivity contribution is 5.38. The normalized spacial score (nSPS) is 10.4. The molecule has 0 atom stereocenters. The maximum Gasteiger partial charge on any atom is -0.0213 e. The predicted octanol–water partition coefficient (Wildman–Crippen LogP) is 11.2. The summed E-state index contributed by atoms with van der Waals surface area (Å²) in [4.78, 5) is 0. The van der Waals surface area contributed by atoms with E-state index in [1.54, 1.807) is 11.1 Å². The topological polar surface area (TPSA) is 0 Å². The molecule has 0 aliphatic heterocycles. The highest BCUT2D eigenvalue weighted by Gasteiger charge is 2.09. The Kier molecular flexibility index (Phi) is 20.1. The second kappa shape index (κ2) is 19.7. The van der Waals surface area contributed by atoms with Gasteiger partial charge in [0.2, 0.25) is 0 Å². The molecule has 0 radical (unpaired) electrons. The lowest BCUT2D eigenvalue weighted by atomic mass is 9.90. The summed E-state index contributed by atoms with van der Waals surface area (Å²) >= 11 is 0. The van der Waals surface area contributed by atoms with E-state index in [1.165, 1.54) is 22.3 Å². The lowest BCUT2D eigenvalue weighted by Crippen LogP contribution is -2.00. The Morgan fingerprint density at radius 3 is 0.706 bits per heavy atom. The van der Waals surface area contributed by atoms with Crippen molar-refractivity contribution in [3.63, 3.8) is 0 Å². The van der Waals surface area contributed by atoms with E-state index in [4.69, 9.17) is 0 Å². The van der Waals surface area contributed by atoms with Crippen molar-refractivity contribution in [3.8, 4) is 0 Å². The molecule has 0 bridgehead atoms. The quantitative estimate of drug-likeness (QED) is 0.395. The minimum atomic E-state index is 0.658. The van der Waals surface area contributed by atoms with Crippen LogP contribution < -0.4 is 0 Å². The molecule has 0 saturated carbocycles. The fourth-order valence-corrected chi connectivity index (χ4v) is 4.05. The molecule has 2 aromatic carbocycles. The summed E-state index contributed by atoms with van der Waals surface area (Å²) in [7, 11) is 0. The van der Waals surface area contributed by atoms with Crippen molar-refractivity contribution in [1.82, 2.24) is 0 Å². The van der Waals surface area contributed by atoms with E-state index in [-0.39, 0.29) is 0 Å². The Labute approximate surface area is 216 Å². The number of rotatable bonds is 6. The zero-order chi connectivity index (χ0) is 26.8. The van der Waals surface area contributed by atoms with Gasteiger partial charge in [-0.15, -0.1) is 0 Å². The van der Waals surface area contributed by atoms with Gasteiger partial charge in [0, 0.05) is 0 Å². The first-order valence-corrected chi connectivity index (χ1v) is 14.1. The molecule has 196 valence electrons. The van der Waals surface area contributed by atoms with Crippen LogP contribution in [0.2, 0.25) is 0 Å². The van der Waals surface area contributed by atoms with E-state index in [2.05, 4.69) is 133 Å². The Hall–Kier alpha value is -1.56. The van der Waals surface area contributed by atoms with Crippen molar-refractivity contribution in [1.29, 1.82) is 0 Å². The molecule has 0 saturated heterocycles. The first kappa shape index (κ1) is 34.6. The van der Waals surface area contributed by atoms with Crippen LogP contribution in [0.4, 0.5) is 0 Å².